The summed E-state index contributed by atoms with van der Waals surface area (Å²) >= 11 is 0. The van der Waals surface area contributed by atoms with E-state index in [0.29, 0.717) is 19.6 Å². The van der Waals surface area contributed by atoms with Gasteiger partial charge in [-0.1, -0.05) is 6.07 Å². The fourth-order valence-corrected chi connectivity index (χ4v) is 3.03. The molecule has 0 radical (unpaired) electrons. The summed E-state index contributed by atoms with van der Waals surface area (Å²) in [7, 11) is 0. The lowest BCUT2D eigenvalue weighted by molar-refractivity contribution is -0.131. The first-order valence-electron chi connectivity index (χ1n) is 9.17. The fraction of sp³-hybridized carbons (Fsp3) is 0.400. The van der Waals surface area contributed by atoms with Gasteiger partial charge < -0.3 is 19.9 Å². The van der Waals surface area contributed by atoms with Gasteiger partial charge in [-0.3, -0.25) is 4.79 Å². The largest absolute Gasteiger partial charge is 0.494 e. The highest BCUT2D eigenvalue weighted by atomic mass is 16.5. The van der Waals surface area contributed by atoms with Crippen LogP contribution in [0.3, 0.4) is 0 Å². The van der Waals surface area contributed by atoms with Crippen molar-refractivity contribution in [3.63, 3.8) is 0 Å². The standard InChI is InChI=1S/C20H26N4O2/c1-2-26-18-8-6-17(7-9-18)21-12-10-20(25)24-15-13-23(14-16-24)19-5-3-4-11-22-19/h3-9,11,21H,2,10,12-16H2,1H3. The average Bonchev–Trinajstić information content (AvgIpc) is 2.70. The number of hydrogen-bond acceptors (Lipinski definition) is 5. The Morgan fingerprint density at radius 1 is 1.12 bits per heavy atom. The number of benzene rings is 1. The van der Waals surface area contributed by atoms with Crippen molar-refractivity contribution in [2.24, 2.45) is 0 Å². The highest BCUT2D eigenvalue weighted by Gasteiger charge is 2.21. The van der Waals surface area contributed by atoms with Gasteiger partial charge >= 0.3 is 0 Å². The van der Waals surface area contributed by atoms with Crippen molar-refractivity contribution in [1.29, 1.82) is 0 Å². The molecule has 1 N–H and O–H groups in total. The SMILES string of the molecule is CCOc1ccc(NCCC(=O)N2CCN(c3ccccn3)CC2)cc1. The molecule has 3 rings (SSSR count). The Bertz CT molecular complexity index is 683. The van der Waals surface area contributed by atoms with Gasteiger partial charge in [-0.05, 0) is 43.3 Å². The third-order valence-electron chi connectivity index (χ3n) is 4.44. The smallest absolute Gasteiger partial charge is 0.224 e. The van der Waals surface area contributed by atoms with Crippen LogP contribution in [0.25, 0.3) is 0 Å². The molecule has 0 atom stereocenters. The molecule has 0 unspecified atom stereocenters. The van der Waals surface area contributed by atoms with Crippen LogP contribution < -0.4 is 15.0 Å². The number of carbonyl (C=O) groups is 1. The normalized spacial score (nSPS) is 14.2. The lowest BCUT2D eigenvalue weighted by Gasteiger charge is -2.35. The van der Waals surface area contributed by atoms with Gasteiger partial charge in [0, 0.05) is 51.0 Å². The molecule has 1 aromatic carbocycles. The maximum Gasteiger partial charge on any atom is 0.224 e. The van der Waals surface area contributed by atoms with Crippen LogP contribution in [0.4, 0.5) is 11.5 Å². The number of nitrogens with zero attached hydrogens (tertiary/aromatic N) is 3. The monoisotopic (exact) mass is 354 g/mol. The van der Waals surface area contributed by atoms with E-state index in [1.54, 1.807) is 6.20 Å². The summed E-state index contributed by atoms with van der Waals surface area (Å²) in [5, 5.41) is 3.30. The maximum atomic E-state index is 12.4. The van der Waals surface area contributed by atoms with Gasteiger partial charge in [-0.25, -0.2) is 4.98 Å². The van der Waals surface area contributed by atoms with E-state index in [4.69, 9.17) is 4.74 Å². The van der Waals surface area contributed by atoms with E-state index in [-0.39, 0.29) is 5.91 Å². The highest BCUT2D eigenvalue weighted by molar-refractivity contribution is 5.77. The summed E-state index contributed by atoms with van der Waals surface area (Å²) < 4.78 is 5.43. The molecule has 1 aromatic heterocycles. The Hall–Kier alpha value is -2.76. The number of rotatable bonds is 7. The predicted octanol–water partition coefficient (Wildman–Crippen LogP) is 2.63. The average molecular weight is 354 g/mol. The molecule has 26 heavy (non-hydrogen) atoms. The van der Waals surface area contributed by atoms with Crippen molar-refractivity contribution < 1.29 is 9.53 Å². The minimum Gasteiger partial charge on any atom is -0.494 e. The van der Waals surface area contributed by atoms with E-state index in [9.17, 15) is 4.79 Å². The van der Waals surface area contributed by atoms with Gasteiger partial charge in [-0.2, -0.15) is 0 Å². The van der Waals surface area contributed by atoms with Crippen molar-refractivity contribution >= 4 is 17.4 Å². The second-order valence-corrected chi connectivity index (χ2v) is 6.19. The third kappa shape index (κ3) is 4.88. The van der Waals surface area contributed by atoms with Crippen LogP contribution in [0, 0.1) is 0 Å². The molecule has 6 nitrogen and oxygen atoms in total. The van der Waals surface area contributed by atoms with Crippen molar-refractivity contribution in [3.05, 3.63) is 48.7 Å². The topological polar surface area (TPSA) is 57.7 Å². The van der Waals surface area contributed by atoms with Crippen LogP contribution in [0.2, 0.25) is 0 Å². The summed E-state index contributed by atoms with van der Waals surface area (Å²) in [6.45, 7) is 6.41. The zero-order valence-corrected chi connectivity index (χ0v) is 15.2. The summed E-state index contributed by atoms with van der Waals surface area (Å²) in [5.41, 5.74) is 1.00. The molecular weight excluding hydrogens is 328 g/mol. The first-order valence-corrected chi connectivity index (χ1v) is 9.17. The number of nitrogens with one attached hydrogen (secondary N) is 1. The minimum absolute atomic E-state index is 0.198. The van der Waals surface area contributed by atoms with Gasteiger partial charge in [0.1, 0.15) is 11.6 Å². The summed E-state index contributed by atoms with van der Waals surface area (Å²) in [5.74, 6) is 2.04. The molecule has 2 aromatic rings. The van der Waals surface area contributed by atoms with Crippen LogP contribution in [0.15, 0.2) is 48.7 Å². The second kappa shape index (κ2) is 9.08. The molecule has 1 aliphatic heterocycles. The Labute approximate surface area is 154 Å². The van der Waals surface area contributed by atoms with Crippen LogP contribution in [0.1, 0.15) is 13.3 Å². The summed E-state index contributed by atoms with van der Waals surface area (Å²) in [6, 6.07) is 13.7. The zero-order chi connectivity index (χ0) is 18.2. The van der Waals surface area contributed by atoms with Crippen LogP contribution in [0.5, 0.6) is 5.75 Å². The van der Waals surface area contributed by atoms with E-state index >= 15 is 0 Å². The van der Waals surface area contributed by atoms with E-state index in [2.05, 4.69) is 15.2 Å². The van der Waals surface area contributed by atoms with Gasteiger partial charge in [-0.15, -0.1) is 0 Å². The Balaban J connectivity index is 1.39. The number of amides is 1. The number of hydrogen-bond donors (Lipinski definition) is 1. The molecule has 1 fully saturated rings. The quantitative estimate of drug-likeness (QED) is 0.828. The van der Waals surface area contributed by atoms with Crippen molar-refractivity contribution in [3.8, 4) is 5.75 Å². The van der Waals surface area contributed by atoms with Gasteiger partial charge in [0.05, 0.1) is 6.61 Å². The van der Waals surface area contributed by atoms with E-state index in [1.807, 2.05) is 54.3 Å². The molecule has 1 saturated heterocycles. The van der Waals surface area contributed by atoms with E-state index in [1.165, 1.54) is 0 Å². The molecule has 138 valence electrons. The molecule has 0 aliphatic carbocycles. The van der Waals surface area contributed by atoms with Crippen LogP contribution >= 0.6 is 0 Å². The number of anilines is 2. The Kier molecular flexibility index (Phi) is 6.30. The molecule has 6 heteroatoms. The van der Waals surface area contributed by atoms with Crippen LogP contribution in [-0.2, 0) is 4.79 Å². The van der Waals surface area contributed by atoms with Gasteiger partial charge in [0.2, 0.25) is 5.91 Å². The van der Waals surface area contributed by atoms with Gasteiger partial charge in [0.25, 0.3) is 0 Å². The van der Waals surface area contributed by atoms with Crippen molar-refractivity contribution in [2.75, 3.05) is 49.5 Å². The van der Waals surface area contributed by atoms with Crippen LogP contribution in [-0.4, -0.2) is 55.1 Å². The Morgan fingerprint density at radius 2 is 1.88 bits per heavy atom. The van der Waals surface area contributed by atoms with E-state index in [0.717, 1.165) is 43.4 Å². The summed E-state index contributed by atoms with van der Waals surface area (Å²) in [6.07, 6.45) is 2.30. The first kappa shape index (κ1) is 18.0. The number of aromatic nitrogens is 1. The second-order valence-electron chi connectivity index (χ2n) is 6.19. The highest BCUT2D eigenvalue weighted by Crippen LogP contribution is 2.16. The molecule has 0 bridgehead atoms. The predicted molar refractivity (Wildman–Crippen MR) is 104 cm³/mol. The number of pyridine rings is 1. The number of ether oxygens (including phenoxy) is 1. The molecule has 1 amide bonds. The number of piperazine rings is 1. The number of carbonyl (C=O) groups excluding carboxylic acids is 1. The minimum atomic E-state index is 0.198. The maximum absolute atomic E-state index is 12.4. The van der Waals surface area contributed by atoms with Crippen molar-refractivity contribution in [1.82, 2.24) is 9.88 Å². The van der Waals surface area contributed by atoms with E-state index < -0.39 is 0 Å². The summed E-state index contributed by atoms with van der Waals surface area (Å²) in [4.78, 5) is 20.9. The lowest BCUT2D eigenvalue weighted by Crippen LogP contribution is -2.49. The van der Waals surface area contributed by atoms with Crippen molar-refractivity contribution in [2.45, 2.75) is 13.3 Å². The molecular formula is C20H26N4O2. The molecule has 1 aliphatic rings. The Morgan fingerprint density at radius 3 is 2.54 bits per heavy atom. The first-order chi connectivity index (χ1) is 12.8. The zero-order valence-electron chi connectivity index (χ0n) is 15.2. The fourth-order valence-electron chi connectivity index (χ4n) is 3.03. The molecule has 0 saturated carbocycles. The molecule has 0 spiro atoms. The van der Waals surface area contributed by atoms with Gasteiger partial charge in [0.15, 0.2) is 0 Å². The third-order valence-corrected chi connectivity index (χ3v) is 4.44. The molecule has 2 heterocycles. The lowest BCUT2D eigenvalue weighted by atomic mass is 10.2.